The number of nitrogens with one attached hydrogen (secondary N) is 7. The van der Waals surface area contributed by atoms with Gasteiger partial charge < -0.3 is 84.2 Å². The molecule has 1 aliphatic heterocycles. The van der Waals surface area contributed by atoms with Gasteiger partial charge in [0.2, 0.25) is 53.2 Å². The van der Waals surface area contributed by atoms with Gasteiger partial charge in [0.25, 0.3) is 0 Å². The topological polar surface area (TPSA) is 466 Å². The number of carbonyl (C=O) groups excluding carboxylic acids is 9. The quantitative estimate of drug-likeness (QED) is 0.0405. The van der Waals surface area contributed by atoms with Crippen LogP contribution in [-0.2, 0) is 57.5 Å². The number of carbonyl (C=O) groups is 12. The number of rotatable bonds is 25. The summed E-state index contributed by atoms with van der Waals surface area (Å²) in [7, 11) is 0. The zero-order valence-corrected chi connectivity index (χ0v) is 31.4. The van der Waals surface area contributed by atoms with Gasteiger partial charge in [0.1, 0.15) is 48.3 Å². The maximum atomic E-state index is 13.1. The number of carboxylic acid groups (broad SMARTS) is 3. The van der Waals surface area contributed by atoms with Crippen molar-refractivity contribution < 1.29 is 88.2 Å². The van der Waals surface area contributed by atoms with Crippen LogP contribution in [0.2, 0.25) is 0 Å². The lowest BCUT2D eigenvalue weighted by atomic mass is 10.1. The van der Waals surface area contributed by atoms with E-state index in [1.54, 1.807) is 5.32 Å². The van der Waals surface area contributed by atoms with Gasteiger partial charge in [0.05, 0.1) is 45.6 Å². The van der Waals surface area contributed by atoms with Crippen molar-refractivity contribution in [1.29, 1.82) is 0 Å². The van der Waals surface area contributed by atoms with Gasteiger partial charge in [-0.1, -0.05) is 0 Å². The number of likely N-dealkylation sites (tertiary alicyclic amines) is 1. The molecular weight excluding hydrogens is 800 g/mol. The summed E-state index contributed by atoms with van der Waals surface area (Å²) in [6, 6.07) is -14.3. The summed E-state index contributed by atoms with van der Waals surface area (Å²) in [6.45, 7) is -2.73. The lowest BCUT2D eigenvalue weighted by Crippen LogP contribution is -2.61. The van der Waals surface area contributed by atoms with Crippen molar-refractivity contribution in [2.75, 3.05) is 32.9 Å². The minimum atomic E-state index is -2.04. The van der Waals surface area contributed by atoms with E-state index in [0.29, 0.717) is 6.42 Å². The van der Waals surface area contributed by atoms with E-state index in [1.807, 2.05) is 26.6 Å². The van der Waals surface area contributed by atoms with Crippen LogP contribution in [0.1, 0.15) is 39.0 Å². The number of primary amides is 1. The molecule has 1 rings (SSSR count). The molecule has 1 aliphatic rings. The van der Waals surface area contributed by atoms with E-state index in [2.05, 4.69) is 5.32 Å². The third kappa shape index (κ3) is 16.5. The van der Waals surface area contributed by atoms with Crippen LogP contribution in [0.3, 0.4) is 0 Å². The van der Waals surface area contributed by atoms with Crippen LogP contribution in [0.4, 0.5) is 0 Å². The van der Waals surface area contributed by atoms with E-state index >= 15 is 0 Å². The van der Waals surface area contributed by atoms with E-state index in [-0.39, 0.29) is 13.0 Å². The molecule has 0 aromatic rings. The van der Waals surface area contributed by atoms with E-state index in [4.69, 9.17) is 26.8 Å². The molecule has 9 amide bonds. The Morgan fingerprint density at radius 3 is 1.37 bits per heavy atom. The van der Waals surface area contributed by atoms with Gasteiger partial charge in [-0.05, 0) is 19.8 Å². The van der Waals surface area contributed by atoms with Crippen LogP contribution < -0.4 is 48.7 Å². The van der Waals surface area contributed by atoms with Crippen LogP contribution in [-0.4, -0.2) is 188 Å². The number of nitrogens with two attached hydrogens (primary N) is 2. The molecule has 28 nitrogen and oxygen atoms in total. The number of carboxylic acids is 3. The number of hydrogen-bond acceptors (Lipinski definition) is 16. The first kappa shape index (κ1) is 50.5. The number of aliphatic hydroxyl groups excluding tert-OH is 3. The fourth-order valence-corrected chi connectivity index (χ4v) is 5.24. The highest BCUT2D eigenvalue weighted by molar-refractivity contribution is 5.99. The normalized spacial score (nSPS) is 16.9. The molecular formula is C31H48N10O18. The Bertz CT molecular complexity index is 1630. The van der Waals surface area contributed by atoms with Crippen LogP contribution in [0.5, 0.6) is 0 Å². The number of hydrogen-bond donors (Lipinski definition) is 15. The van der Waals surface area contributed by atoms with E-state index in [0.717, 1.165) is 6.92 Å². The summed E-state index contributed by atoms with van der Waals surface area (Å²) in [4.78, 5) is 149. The molecule has 0 aromatic carbocycles. The van der Waals surface area contributed by atoms with Gasteiger partial charge in [-0.3, -0.25) is 52.7 Å². The van der Waals surface area contributed by atoms with E-state index in [1.165, 1.54) is 4.90 Å². The first-order chi connectivity index (χ1) is 27.6. The Hall–Kier alpha value is -6.52. The molecule has 59 heavy (non-hydrogen) atoms. The predicted molar refractivity (Wildman–Crippen MR) is 190 cm³/mol. The molecule has 0 radical (unpaired) electrons. The molecule has 0 bridgehead atoms. The van der Waals surface area contributed by atoms with Gasteiger partial charge in [-0.2, -0.15) is 0 Å². The second-order valence-electron chi connectivity index (χ2n) is 12.8. The molecule has 0 aliphatic carbocycles. The van der Waals surface area contributed by atoms with Crippen molar-refractivity contribution in [2.24, 2.45) is 11.5 Å². The molecule has 1 heterocycles. The first-order valence-corrected chi connectivity index (χ1v) is 17.5. The summed E-state index contributed by atoms with van der Waals surface area (Å²) in [5.41, 5.74) is 10.6. The summed E-state index contributed by atoms with van der Waals surface area (Å²) in [6.07, 6.45) is -2.45. The highest BCUT2D eigenvalue weighted by atomic mass is 16.4. The Kier molecular flexibility index (Phi) is 20.8. The number of aliphatic hydroxyl groups is 3. The monoisotopic (exact) mass is 848 g/mol. The van der Waals surface area contributed by atoms with Crippen molar-refractivity contribution >= 4 is 71.1 Å². The first-order valence-electron chi connectivity index (χ1n) is 17.5. The SMILES string of the molecule is C[C@H](NC(=O)[C@H](CC(=O)O)NC(=O)[C@H](CO)NC(=O)[C@H](CO)NC(=O)[C@H](CC(N)=O)NC(=O)[C@@H]1CCCN1C(=O)CN)C(=O)N[C@@H](CC(=O)O)C(=O)N[C@@H](CO)C(=O)O. The average molecular weight is 849 g/mol. The van der Waals surface area contributed by atoms with Gasteiger partial charge in [-0.25, -0.2) is 4.79 Å². The van der Waals surface area contributed by atoms with Crippen molar-refractivity contribution in [3.05, 3.63) is 0 Å². The molecule has 0 aromatic heterocycles. The van der Waals surface area contributed by atoms with E-state index in [9.17, 15) is 72.9 Å². The summed E-state index contributed by atoms with van der Waals surface area (Å²) in [5, 5.41) is 70.2. The Morgan fingerprint density at radius 2 is 0.966 bits per heavy atom. The molecule has 28 heteroatoms. The number of amides is 9. The Balaban J connectivity index is 3.05. The molecule has 8 atom stereocenters. The lowest BCUT2D eigenvalue weighted by molar-refractivity contribution is -0.144. The Morgan fingerprint density at radius 1 is 0.576 bits per heavy atom. The third-order valence-electron chi connectivity index (χ3n) is 8.29. The fourth-order valence-electron chi connectivity index (χ4n) is 5.24. The lowest BCUT2D eigenvalue weighted by Gasteiger charge is -2.27. The van der Waals surface area contributed by atoms with Crippen molar-refractivity contribution in [3.8, 4) is 0 Å². The molecule has 0 unspecified atom stereocenters. The zero-order chi connectivity index (χ0) is 45.1. The van der Waals surface area contributed by atoms with Gasteiger partial charge in [-0.15, -0.1) is 0 Å². The molecule has 1 saturated heterocycles. The van der Waals surface area contributed by atoms with Gasteiger partial charge >= 0.3 is 17.9 Å². The summed E-state index contributed by atoms with van der Waals surface area (Å²) < 4.78 is 0. The smallest absolute Gasteiger partial charge is 0.328 e. The highest BCUT2D eigenvalue weighted by Crippen LogP contribution is 2.17. The van der Waals surface area contributed by atoms with Crippen molar-refractivity contribution in [2.45, 2.75) is 87.4 Å². The zero-order valence-electron chi connectivity index (χ0n) is 31.4. The molecule has 0 spiro atoms. The van der Waals surface area contributed by atoms with Gasteiger partial charge in [0.15, 0.2) is 0 Å². The van der Waals surface area contributed by atoms with Crippen LogP contribution in [0.15, 0.2) is 0 Å². The van der Waals surface area contributed by atoms with Crippen LogP contribution in [0.25, 0.3) is 0 Å². The van der Waals surface area contributed by atoms with Gasteiger partial charge in [0, 0.05) is 6.54 Å². The second-order valence-corrected chi connectivity index (χ2v) is 12.8. The summed E-state index contributed by atoms with van der Waals surface area (Å²) in [5.74, 6) is -15.5. The average Bonchev–Trinajstić information content (AvgIpc) is 3.66. The minimum Gasteiger partial charge on any atom is -0.481 e. The van der Waals surface area contributed by atoms with Crippen LogP contribution >= 0.6 is 0 Å². The molecule has 0 saturated carbocycles. The number of aliphatic carboxylic acids is 3. The van der Waals surface area contributed by atoms with Crippen LogP contribution in [0, 0.1) is 0 Å². The minimum absolute atomic E-state index is 0.190. The van der Waals surface area contributed by atoms with Crippen molar-refractivity contribution in [3.63, 3.8) is 0 Å². The standard InChI is InChI=1S/C31H48N10O18/c1-12(24(51)35-15(7-23(49)50)27(54)40-18(11-44)31(58)59)34-25(52)14(6-22(47)48)36-28(55)16(9-42)39-29(56)17(10-43)38-26(53)13(5-20(33)45)37-30(57)19-3-2-4-41(19)21(46)8-32/h12-19,42-44H,2-11,32H2,1H3,(H2,33,45)(H,34,52)(H,35,51)(H,36,55)(H,37,57)(H,38,53)(H,39,56)(H,40,54)(H,47,48)(H,49,50)(H,58,59)/t12-,13-,14-,15-,16-,17-,18-,19-/m0/s1. The maximum Gasteiger partial charge on any atom is 0.328 e. The largest absolute Gasteiger partial charge is 0.481 e. The van der Waals surface area contributed by atoms with E-state index < -0.39 is 165 Å². The number of nitrogens with zero attached hydrogens (tertiary/aromatic N) is 1. The highest BCUT2D eigenvalue weighted by Gasteiger charge is 2.37. The second kappa shape index (κ2) is 24.3. The molecule has 1 fully saturated rings. The molecule has 17 N–H and O–H groups in total. The predicted octanol–water partition coefficient (Wildman–Crippen LogP) is -9.76. The van der Waals surface area contributed by atoms with Crippen molar-refractivity contribution in [1.82, 2.24) is 42.1 Å². The molecule has 330 valence electrons. The maximum absolute atomic E-state index is 13.1. The Labute approximate surface area is 333 Å². The summed E-state index contributed by atoms with van der Waals surface area (Å²) >= 11 is 0. The third-order valence-corrected chi connectivity index (χ3v) is 8.29. The fraction of sp³-hybridized carbons (Fsp3) is 0.613.